The molecule has 1 N–H and O–H groups in total. The molecule has 0 fully saturated rings. The number of hydrogen-bond acceptors (Lipinski definition) is 4. The fourth-order valence-electron chi connectivity index (χ4n) is 1.80. The quantitative estimate of drug-likeness (QED) is 0.911. The summed E-state index contributed by atoms with van der Waals surface area (Å²) in [5, 5.41) is 7.22. The van der Waals surface area contributed by atoms with Gasteiger partial charge in [-0.2, -0.15) is 0 Å². The molecule has 5 heteroatoms. The van der Waals surface area contributed by atoms with Gasteiger partial charge in [0.15, 0.2) is 0 Å². The second-order valence-corrected chi connectivity index (χ2v) is 4.74. The molecule has 3 nitrogen and oxygen atoms in total. The predicted octanol–water partition coefficient (Wildman–Crippen LogP) is 2.60. The van der Waals surface area contributed by atoms with Crippen LogP contribution in [0.5, 0.6) is 0 Å². The Hall–Kier alpha value is -1.33. The Bertz CT molecular complexity index is 524. The Labute approximate surface area is 104 Å². The first-order valence-electron chi connectivity index (χ1n) is 5.35. The lowest BCUT2D eigenvalue weighted by molar-refractivity contribution is 0.614. The average Bonchev–Trinajstić information content (AvgIpc) is 2.71. The monoisotopic (exact) mass is 251 g/mol. The van der Waals surface area contributed by atoms with E-state index in [4.69, 9.17) is 0 Å². The van der Waals surface area contributed by atoms with Crippen molar-refractivity contribution in [2.45, 2.75) is 19.9 Å². The topological polar surface area (TPSA) is 37.8 Å². The summed E-state index contributed by atoms with van der Waals surface area (Å²) in [4.78, 5) is 1.07. The molecule has 1 atom stereocenters. The Morgan fingerprint density at radius 2 is 2.12 bits per heavy atom. The van der Waals surface area contributed by atoms with Crippen molar-refractivity contribution in [1.82, 2.24) is 14.9 Å². The van der Waals surface area contributed by atoms with Crippen LogP contribution in [0, 0.1) is 19.7 Å². The van der Waals surface area contributed by atoms with E-state index in [2.05, 4.69) is 14.9 Å². The third-order valence-electron chi connectivity index (χ3n) is 2.75. The minimum absolute atomic E-state index is 0.0225. The minimum atomic E-state index is -0.178. The maximum absolute atomic E-state index is 13.2. The van der Waals surface area contributed by atoms with E-state index in [0.29, 0.717) is 5.56 Å². The second kappa shape index (κ2) is 4.89. The summed E-state index contributed by atoms with van der Waals surface area (Å²) in [5.74, 6) is -0.178. The maximum Gasteiger partial charge on any atom is 0.126 e. The zero-order valence-electron chi connectivity index (χ0n) is 9.99. The van der Waals surface area contributed by atoms with Gasteiger partial charge in [0.2, 0.25) is 0 Å². The number of nitrogens with zero attached hydrogens (tertiary/aromatic N) is 2. The van der Waals surface area contributed by atoms with Crippen LogP contribution in [0.15, 0.2) is 18.2 Å². The van der Waals surface area contributed by atoms with Gasteiger partial charge in [0, 0.05) is 0 Å². The van der Waals surface area contributed by atoms with Crippen molar-refractivity contribution in [3.63, 3.8) is 0 Å². The van der Waals surface area contributed by atoms with Gasteiger partial charge >= 0.3 is 0 Å². The average molecular weight is 251 g/mol. The molecule has 1 unspecified atom stereocenters. The van der Waals surface area contributed by atoms with Gasteiger partial charge in [-0.15, -0.1) is 5.10 Å². The van der Waals surface area contributed by atoms with E-state index in [9.17, 15) is 4.39 Å². The summed E-state index contributed by atoms with van der Waals surface area (Å²) in [6.07, 6.45) is 0. The van der Waals surface area contributed by atoms with Crippen LogP contribution in [0.2, 0.25) is 0 Å². The lowest BCUT2D eigenvalue weighted by atomic mass is 10.0. The first-order chi connectivity index (χ1) is 8.13. The van der Waals surface area contributed by atoms with E-state index in [1.54, 1.807) is 13.0 Å². The molecule has 1 aromatic heterocycles. The molecule has 0 radical (unpaired) electrons. The van der Waals surface area contributed by atoms with Crippen molar-refractivity contribution < 1.29 is 4.39 Å². The SMILES string of the molecule is CNC(c1ccc(F)c(C)c1)c1snnc1C. The van der Waals surface area contributed by atoms with Crippen molar-refractivity contribution in [2.75, 3.05) is 7.05 Å². The van der Waals surface area contributed by atoms with Crippen LogP contribution in [0.3, 0.4) is 0 Å². The van der Waals surface area contributed by atoms with Crippen molar-refractivity contribution in [2.24, 2.45) is 0 Å². The number of benzene rings is 1. The first-order valence-corrected chi connectivity index (χ1v) is 6.13. The first kappa shape index (κ1) is 12.1. The molecule has 17 heavy (non-hydrogen) atoms. The summed E-state index contributed by atoms with van der Waals surface area (Å²) < 4.78 is 17.2. The van der Waals surface area contributed by atoms with Crippen molar-refractivity contribution in [3.05, 3.63) is 45.7 Å². The molecule has 0 bridgehead atoms. The molecular weight excluding hydrogens is 237 g/mol. The minimum Gasteiger partial charge on any atom is -0.309 e. The van der Waals surface area contributed by atoms with Gasteiger partial charge in [-0.05, 0) is 49.6 Å². The summed E-state index contributed by atoms with van der Waals surface area (Å²) >= 11 is 1.37. The van der Waals surface area contributed by atoms with Crippen LogP contribution in [0.1, 0.15) is 27.7 Å². The third kappa shape index (κ3) is 2.35. The molecule has 0 spiro atoms. The van der Waals surface area contributed by atoms with Gasteiger partial charge in [-0.3, -0.25) is 0 Å². The van der Waals surface area contributed by atoms with E-state index in [1.165, 1.54) is 17.6 Å². The molecule has 0 aliphatic rings. The van der Waals surface area contributed by atoms with E-state index in [1.807, 2.05) is 20.0 Å². The lowest BCUT2D eigenvalue weighted by Crippen LogP contribution is -2.17. The standard InChI is InChI=1S/C12H14FN3S/c1-7-6-9(4-5-10(7)13)11(14-3)12-8(2)15-16-17-12/h4-6,11,14H,1-3H3. The molecule has 0 saturated heterocycles. The van der Waals surface area contributed by atoms with Crippen LogP contribution in [0.25, 0.3) is 0 Å². The molecule has 1 aromatic carbocycles. The second-order valence-electron chi connectivity index (χ2n) is 3.95. The fraction of sp³-hybridized carbons (Fsp3) is 0.333. The number of aryl methyl sites for hydroxylation is 2. The van der Waals surface area contributed by atoms with Gasteiger partial charge in [-0.1, -0.05) is 16.6 Å². The highest BCUT2D eigenvalue weighted by atomic mass is 32.1. The third-order valence-corrected chi connectivity index (χ3v) is 3.64. The predicted molar refractivity (Wildman–Crippen MR) is 66.7 cm³/mol. The van der Waals surface area contributed by atoms with E-state index >= 15 is 0 Å². The number of aromatic nitrogens is 2. The van der Waals surface area contributed by atoms with Gasteiger partial charge in [0.1, 0.15) is 5.82 Å². The molecule has 2 rings (SSSR count). The van der Waals surface area contributed by atoms with E-state index in [-0.39, 0.29) is 11.9 Å². The summed E-state index contributed by atoms with van der Waals surface area (Å²) in [7, 11) is 1.88. The van der Waals surface area contributed by atoms with Gasteiger partial charge < -0.3 is 5.32 Å². The Balaban J connectivity index is 2.42. The molecule has 0 amide bonds. The fourth-order valence-corrected chi connectivity index (χ4v) is 2.58. The highest BCUT2D eigenvalue weighted by Crippen LogP contribution is 2.27. The van der Waals surface area contributed by atoms with Crippen LogP contribution in [0.4, 0.5) is 4.39 Å². The molecule has 90 valence electrons. The van der Waals surface area contributed by atoms with Crippen LogP contribution >= 0.6 is 11.5 Å². The number of halogens is 1. The van der Waals surface area contributed by atoms with Crippen molar-refractivity contribution >= 4 is 11.5 Å². The lowest BCUT2D eigenvalue weighted by Gasteiger charge is -2.15. The van der Waals surface area contributed by atoms with Crippen LogP contribution < -0.4 is 5.32 Å². The molecule has 0 aliphatic heterocycles. The van der Waals surface area contributed by atoms with E-state index in [0.717, 1.165) is 16.1 Å². The molecule has 2 aromatic rings. The molecule has 0 aliphatic carbocycles. The molecule has 1 heterocycles. The smallest absolute Gasteiger partial charge is 0.126 e. The Morgan fingerprint density at radius 1 is 1.35 bits per heavy atom. The van der Waals surface area contributed by atoms with Gasteiger partial charge in [0.05, 0.1) is 16.6 Å². The number of nitrogens with one attached hydrogen (secondary N) is 1. The highest BCUT2D eigenvalue weighted by Gasteiger charge is 2.18. The maximum atomic E-state index is 13.2. The van der Waals surface area contributed by atoms with Crippen molar-refractivity contribution in [1.29, 1.82) is 0 Å². The number of hydrogen-bond donors (Lipinski definition) is 1. The summed E-state index contributed by atoms with van der Waals surface area (Å²) in [5.41, 5.74) is 2.59. The Morgan fingerprint density at radius 3 is 2.65 bits per heavy atom. The zero-order valence-corrected chi connectivity index (χ0v) is 10.8. The highest BCUT2D eigenvalue weighted by molar-refractivity contribution is 7.05. The Kier molecular flexibility index (Phi) is 3.49. The van der Waals surface area contributed by atoms with E-state index < -0.39 is 0 Å². The van der Waals surface area contributed by atoms with Gasteiger partial charge in [-0.25, -0.2) is 4.39 Å². The van der Waals surface area contributed by atoms with Gasteiger partial charge in [0.25, 0.3) is 0 Å². The molecular formula is C12H14FN3S. The van der Waals surface area contributed by atoms with Crippen LogP contribution in [-0.4, -0.2) is 16.6 Å². The summed E-state index contributed by atoms with van der Waals surface area (Å²) in [6.45, 7) is 3.70. The van der Waals surface area contributed by atoms with Crippen molar-refractivity contribution in [3.8, 4) is 0 Å². The largest absolute Gasteiger partial charge is 0.309 e. The zero-order chi connectivity index (χ0) is 12.4. The molecule has 0 saturated carbocycles. The van der Waals surface area contributed by atoms with Crippen LogP contribution in [-0.2, 0) is 0 Å². The normalized spacial score (nSPS) is 12.7. The summed E-state index contributed by atoms with van der Waals surface area (Å²) in [6, 6.07) is 5.17. The number of rotatable bonds is 3.